The van der Waals surface area contributed by atoms with Gasteiger partial charge in [0.25, 0.3) is 0 Å². The largest absolute Gasteiger partial charge is 0.488 e. The third-order valence-corrected chi connectivity index (χ3v) is 5.91. The molecule has 0 aliphatic carbocycles. The molecule has 8 nitrogen and oxygen atoms in total. The summed E-state index contributed by atoms with van der Waals surface area (Å²) in [6.45, 7) is 12.0. The van der Waals surface area contributed by atoms with E-state index in [1.54, 1.807) is 26.0 Å². The van der Waals surface area contributed by atoms with Gasteiger partial charge in [0.2, 0.25) is 0 Å². The first kappa shape index (κ1) is 30.7. The Bertz CT molecular complexity index is 1130. The summed E-state index contributed by atoms with van der Waals surface area (Å²) in [7, 11) is 0. The Labute approximate surface area is 235 Å². The van der Waals surface area contributed by atoms with E-state index in [4.69, 9.17) is 28.4 Å². The summed E-state index contributed by atoms with van der Waals surface area (Å²) in [5.74, 6) is 0.625. The molecule has 0 heterocycles. The maximum atomic E-state index is 12.0. The molecule has 40 heavy (non-hydrogen) atoms. The number of hydrogen-bond acceptors (Lipinski definition) is 8. The summed E-state index contributed by atoms with van der Waals surface area (Å²) in [6.07, 6.45) is 2.60. The second kappa shape index (κ2) is 16.3. The molecule has 0 spiro atoms. The van der Waals surface area contributed by atoms with Gasteiger partial charge in [0.15, 0.2) is 12.2 Å². The first-order valence-electron chi connectivity index (χ1n) is 13.5. The predicted molar refractivity (Wildman–Crippen MR) is 155 cm³/mol. The first-order valence-corrected chi connectivity index (χ1v) is 13.5. The predicted octanol–water partition coefficient (Wildman–Crippen LogP) is 5.80. The van der Waals surface area contributed by atoms with Crippen molar-refractivity contribution in [2.75, 3.05) is 39.6 Å². The second-order valence-electron chi connectivity index (χ2n) is 8.95. The van der Waals surface area contributed by atoms with Crippen LogP contribution in [0.15, 0.2) is 73.8 Å². The highest BCUT2D eigenvalue weighted by Crippen LogP contribution is 2.42. The van der Waals surface area contributed by atoms with Gasteiger partial charge in [0, 0.05) is 34.4 Å². The van der Waals surface area contributed by atoms with E-state index < -0.39 is 12.2 Å². The summed E-state index contributed by atoms with van der Waals surface area (Å²) in [5.41, 5.74) is 0. The van der Waals surface area contributed by atoms with Crippen LogP contribution in [0, 0.1) is 0 Å². The van der Waals surface area contributed by atoms with Gasteiger partial charge in [-0.2, -0.15) is 0 Å². The van der Waals surface area contributed by atoms with Crippen LogP contribution in [0.3, 0.4) is 0 Å². The Morgan fingerprint density at radius 1 is 0.650 bits per heavy atom. The van der Waals surface area contributed by atoms with Gasteiger partial charge < -0.3 is 28.4 Å². The Hall–Kier alpha value is -3.88. The molecule has 0 radical (unpaired) electrons. The maximum absolute atomic E-state index is 12.0. The van der Waals surface area contributed by atoms with Crippen molar-refractivity contribution in [1.29, 1.82) is 0 Å². The third-order valence-electron chi connectivity index (χ3n) is 5.91. The Morgan fingerprint density at radius 3 is 1.30 bits per heavy atom. The van der Waals surface area contributed by atoms with E-state index in [1.165, 1.54) is 0 Å². The third kappa shape index (κ3) is 8.56. The van der Waals surface area contributed by atoms with Crippen LogP contribution in [0.1, 0.15) is 26.7 Å². The molecule has 0 N–H and O–H groups in total. The molecule has 0 fully saturated rings. The van der Waals surface area contributed by atoms with Gasteiger partial charge in [-0.05, 0) is 0 Å². The molecule has 2 unspecified atom stereocenters. The van der Waals surface area contributed by atoms with Gasteiger partial charge in [0.1, 0.15) is 24.7 Å². The van der Waals surface area contributed by atoms with Gasteiger partial charge in [-0.25, -0.2) is 0 Å². The molecular weight excluding hydrogens is 512 g/mol. The highest BCUT2D eigenvalue weighted by molar-refractivity contribution is 6.11. The van der Waals surface area contributed by atoms with Gasteiger partial charge in [0.05, 0.1) is 26.4 Å². The van der Waals surface area contributed by atoms with Gasteiger partial charge in [-0.1, -0.05) is 74.5 Å². The molecule has 214 valence electrons. The molecule has 0 saturated heterocycles. The van der Waals surface area contributed by atoms with Crippen LogP contribution in [0.2, 0.25) is 0 Å². The monoisotopic (exact) mass is 550 g/mol. The minimum Gasteiger partial charge on any atom is -0.488 e. The fraction of sp³-hybridized carbons (Fsp3) is 0.375. The fourth-order valence-corrected chi connectivity index (χ4v) is 4.05. The molecule has 0 aliphatic heterocycles. The summed E-state index contributed by atoms with van der Waals surface area (Å²) in [6, 6.07) is 15.5. The zero-order valence-corrected chi connectivity index (χ0v) is 23.3. The number of benzene rings is 3. The number of rotatable bonds is 18. The number of esters is 2. The van der Waals surface area contributed by atoms with E-state index in [1.807, 2.05) is 48.5 Å². The lowest BCUT2D eigenvalue weighted by Crippen LogP contribution is -2.30. The average Bonchev–Trinajstić information content (AvgIpc) is 2.98. The lowest BCUT2D eigenvalue weighted by Gasteiger charge is -2.22. The first-order chi connectivity index (χ1) is 19.5. The van der Waals surface area contributed by atoms with E-state index in [9.17, 15) is 9.59 Å². The van der Waals surface area contributed by atoms with Crippen molar-refractivity contribution in [1.82, 2.24) is 0 Å². The topological polar surface area (TPSA) is 89.5 Å². The maximum Gasteiger partial charge on any atom is 0.305 e. The molecule has 0 bridgehead atoms. The van der Waals surface area contributed by atoms with Gasteiger partial charge in [-0.3, -0.25) is 9.59 Å². The average molecular weight is 551 g/mol. The van der Waals surface area contributed by atoms with E-state index >= 15 is 0 Å². The molecule has 3 aromatic rings. The molecule has 0 aliphatic rings. The quantitative estimate of drug-likeness (QED) is 0.0850. The SMILES string of the molecule is C=CCOCC(COc1c2ccccc2c(OCC(COCC=C)OC(=O)CC)c2ccccc12)OC(=O)CC. The second-order valence-corrected chi connectivity index (χ2v) is 8.95. The number of hydrogen-bond donors (Lipinski definition) is 0. The van der Waals surface area contributed by atoms with Crippen LogP contribution in [0.5, 0.6) is 11.5 Å². The normalized spacial score (nSPS) is 12.4. The molecule has 0 amide bonds. The highest BCUT2D eigenvalue weighted by Gasteiger charge is 2.21. The van der Waals surface area contributed by atoms with Crippen molar-refractivity contribution in [2.24, 2.45) is 0 Å². The Balaban J connectivity index is 1.94. The van der Waals surface area contributed by atoms with Gasteiger partial charge >= 0.3 is 11.9 Å². The van der Waals surface area contributed by atoms with Crippen molar-refractivity contribution in [3.63, 3.8) is 0 Å². The van der Waals surface area contributed by atoms with Crippen LogP contribution in [0.25, 0.3) is 21.5 Å². The van der Waals surface area contributed by atoms with E-state index in [2.05, 4.69) is 13.2 Å². The minimum absolute atomic E-state index is 0.104. The highest BCUT2D eigenvalue weighted by atomic mass is 16.6. The van der Waals surface area contributed by atoms with Crippen molar-refractivity contribution in [3.8, 4) is 11.5 Å². The Kier molecular flexibility index (Phi) is 12.5. The molecule has 3 rings (SSSR count). The number of carbonyl (C=O) groups excluding carboxylic acids is 2. The zero-order chi connectivity index (χ0) is 28.7. The van der Waals surface area contributed by atoms with Crippen LogP contribution in [0.4, 0.5) is 0 Å². The van der Waals surface area contributed by atoms with Crippen molar-refractivity contribution in [3.05, 3.63) is 73.8 Å². The zero-order valence-electron chi connectivity index (χ0n) is 23.3. The Morgan fingerprint density at radius 2 is 1.00 bits per heavy atom. The number of carbonyl (C=O) groups is 2. The molecule has 3 aromatic carbocycles. The molecule has 0 aromatic heterocycles. The van der Waals surface area contributed by atoms with Crippen LogP contribution >= 0.6 is 0 Å². The minimum atomic E-state index is -0.592. The van der Waals surface area contributed by atoms with Crippen LogP contribution in [-0.4, -0.2) is 63.8 Å². The summed E-state index contributed by atoms with van der Waals surface area (Å²) in [5, 5.41) is 3.31. The van der Waals surface area contributed by atoms with Crippen molar-refractivity contribution >= 4 is 33.5 Å². The molecule has 8 heteroatoms. The summed E-state index contributed by atoms with van der Waals surface area (Å²) < 4.78 is 34.9. The number of fused-ring (bicyclic) bond motifs is 2. The van der Waals surface area contributed by atoms with Crippen molar-refractivity contribution in [2.45, 2.75) is 38.9 Å². The van der Waals surface area contributed by atoms with E-state index in [-0.39, 0.29) is 51.2 Å². The van der Waals surface area contributed by atoms with Crippen LogP contribution < -0.4 is 9.47 Å². The fourth-order valence-electron chi connectivity index (χ4n) is 4.05. The molecule has 2 atom stereocenters. The van der Waals surface area contributed by atoms with Crippen molar-refractivity contribution < 1.29 is 38.0 Å². The molecular formula is C32H38O8. The van der Waals surface area contributed by atoms with Crippen LogP contribution in [-0.2, 0) is 28.5 Å². The smallest absolute Gasteiger partial charge is 0.305 e. The number of ether oxygens (including phenoxy) is 6. The lowest BCUT2D eigenvalue weighted by molar-refractivity contribution is -0.154. The summed E-state index contributed by atoms with van der Waals surface area (Å²) in [4.78, 5) is 24.0. The van der Waals surface area contributed by atoms with E-state index in [0.29, 0.717) is 24.7 Å². The molecule has 0 saturated carbocycles. The summed E-state index contributed by atoms with van der Waals surface area (Å²) >= 11 is 0. The standard InChI is InChI=1S/C32H38O8/c1-5-17-35-19-23(39-29(33)7-3)21-37-31-25-13-9-11-15-27(25)32(28-16-12-10-14-26(28)31)38-22-24(20-36-18-6-2)40-30(34)8-4/h5-6,9-16,23-24H,1-2,7-8,17-22H2,3-4H3. The van der Waals surface area contributed by atoms with Gasteiger partial charge in [-0.15, -0.1) is 13.2 Å². The lowest BCUT2D eigenvalue weighted by atomic mass is 10.0. The van der Waals surface area contributed by atoms with E-state index in [0.717, 1.165) is 21.5 Å².